The molecule has 0 amide bonds. The molecule has 1 heterocycles. The molecule has 2 aromatic carbocycles. The Labute approximate surface area is 119 Å². The molecule has 3 rings (SSSR count). The number of hydrogen-bond acceptors (Lipinski definition) is 3. The molecule has 0 fully saturated rings. The van der Waals surface area contributed by atoms with E-state index >= 15 is 0 Å². The number of benzene rings is 2. The highest BCUT2D eigenvalue weighted by Crippen LogP contribution is 2.29. The van der Waals surface area contributed by atoms with Gasteiger partial charge in [0, 0.05) is 12.5 Å². The summed E-state index contributed by atoms with van der Waals surface area (Å²) in [5, 5.41) is 0. The molecule has 0 aromatic heterocycles. The standard InChI is InChI=1S/C17H19NO2/c1-19-16-5-3-2-4-13(16)11-15(18)12-6-7-17-14(10-12)8-9-20-17/h2-7,10,15H,8-9,11,18H2,1H3. The summed E-state index contributed by atoms with van der Waals surface area (Å²) in [4.78, 5) is 0. The minimum Gasteiger partial charge on any atom is -0.496 e. The quantitative estimate of drug-likeness (QED) is 0.928. The van der Waals surface area contributed by atoms with Crippen LogP contribution in [0.3, 0.4) is 0 Å². The first-order valence-electron chi connectivity index (χ1n) is 6.91. The number of methoxy groups -OCH3 is 1. The van der Waals surface area contributed by atoms with Crippen LogP contribution in [-0.2, 0) is 12.8 Å². The van der Waals surface area contributed by atoms with Crippen molar-refractivity contribution >= 4 is 0 Å². The van der Waals surface area contributed by atoms with Crippen LogP contribution >= 0.6 is 0 Å². The molecule has 3 nitrogen and oxygen atoms in total. The number of rotatable bonds is 4. The third-order valence-corrected chi connectivity index (χ3v) is 3.77. The normalized spacial score (nSPS) is 14.5. The van der Waals surface area contributed by atoms with Gasteiger partial charge >= 0.3 is 0 Å². The van der Waals surface area contributed by atoms with E-state index in [1.54, 1.807) is 7.11 Å². The topological polar surface area (TPSA) is 44.5 Å². The third-order valence-electron chi connectivity index (χ3n) is 3.77. The van der Waals surface area contributed by atoms with Gasteiger partial charge in [0.25, 0.3) is 0 Å². The maximum absolute atomic E-state index is 6.35. The largest absolute Gasteiger partial charge is 0.496 e. The Morgan fingerprint density at radius 3 is 2.95 bits per heavy atom. The first kappa shape index (κ1) is 13.0. The zero-order valence-corrected chi connectivity index (χ0v) is 11.6. The smallest absolute Gasteiger partial charge is 0.122 e. The second kappa shape index (κ2) is 5.55. The molecule has 0 radical (unpaired) electrons. The van der Waals surface area contributed by atoms with Crippen molar-refractivity contribution in [2.24, 2.45) is 5.73 Å². The monoisotopic (exact) mass is 269 g/mol. The number of hydrogen-bond donors (Lipinski definition) is 1. The summed E-state index contributed by atoms with van der Waals surface area (Å²) in [7, 11) is 1.69. The number of ether oxygens (including phenoxy) is 2. The van der Waals surface area contributed by atoms with E-state index in [0.29, 0.717) is 0 Å². The highest BCUT2D eigenvalue weighted by atomic mass is 16.5. The van der Waals surface area contributed by atoms with E-state index in [2.05, 4.69) is 18.2 Å². The fraction of sp³-hybridized carbons (Fsp3) is 0.294. The first-order valence-corrected chi connectivity index (χ1v) is 6.91. The molecule has 1 aliphatic heterocycles. The van der Waals surface area contributed by atoms with Crippen molar-refractivity contribution in [3.63, 3.8) is 0 Å². The second-order valence-electron chi connectivity index (χ2n) is 5.09. The SMILES string of the molecule is COc1ccccc1CC(N)c1ccc2c(c1)CCO2. The molecule has 0 bridgehead atoms. The van der Waals surface area contributed by atoms with Crippen molar-refractivity contribution in [1.82, 2.24) is 0 Å². The van der Waals surface area contributed by atoms with Crippen LogP contribution in [0.4, 0.5) is 0 Å². The number of nitrogens with two attached hydrogens (primary N) is 1. The maximum atomic E-state index is 6.35. The molecule has 0 aliphatic carbocycles. The van der Waals surface area contributed by atoms with Gasteiger partial charge in [0.05, 0.1) is 13.7 Å². The lowest BCUT2D eigenvalue weighted by Crippen LogP contribution is -2.14. The molecule has 104 valence electrons. The lowest BCUT2D eigenvalue weighted by atomic mass is 9.97. The van der Waals surface area contributed by atoms with Gasteiger partial charge in [-0.05, 0) is 35.2 Å². The van der Waals surface area contributed by atoms with Gasteiger partial charge in [-0.25, -0.2) is 0 Å². The second-order valence-corrected chi connectivity index (χ2v) is 5.09. The summed E-state index contributed by atoms with van der Waals surface area (Å²) in [5.74, 6) is 1.89. The van der Waals surface area contributed by atoms with Gasteiger partial charge in [0.1, 0.15) is 11.5 Å². The molecule has 0 saturated carbocycles. The molecule has 1 aliphatic rings. The van der Waals surface area contributed by atoms with E-state index in [-0.39, 0.29) is 6.04 Å². The molecule has 0 saturated heterocycles. The molecule has 0 spiro atoms. The van der Waals surface area contributed by atoms with Crippen LogP contribution in [0.15, 0.2) is 42.5 Å². The zero-order chi connectivity index (χ0) is 13.9. The Morgan fingerprint density at radius 1 is 1.25 bits per heavy atom. The maximum Gasteiger partial charge on any atom is 0.122 e. The van der Waals surface area contributed by atoms with Gasteiger partial charge in [-0.2, -0.15) is 0 Å². The predicted octanol–water partition coefficient (Wildman–Crippen LogP) is 2.87. The van der Waals surface area contributed by atoms with E-state index in [1.165, 1.54) is 5.56 Å². The Balaban J connectivity index is 1.81. The van der Waals surface area contributed by atoms with Crippen molar-refractivity contribution < 1.29 is 9.47 Å². The van der Waals surface area contributed by atoms with Gasteiger partial charge in [-0.15, -0.1) is 0 Å². The van der Waals surface area contributed by atoms with Crippen LogP contribution in [0.1, 0.15) is 22.7 Å². The lowest BCUT2D eigenvalue weighted by molar-refractivity contribution is 0.357. The van der Waals surface area contributed by atoms with E-state index in [9.17, 15) is 0 Å². The minimum atomic E-state index is -0.0304. The molecular formula is C17H19NO2. The predicted molar refractivity (Wildman–Crippen MR) is 79.3 cm³/mol. The van der Waals surface area contributed by atoms with E-state index in [1.807, 2.05) is 24.3 Å². The minimum absolute atomic E-state index is 0.0304. The average molecular weight is 269 g/mol. The van der Waals surface area contributed by atoms with Crippen LogP contribution in [0.25, 0.3) is 0 Å². The van der Waals surface area contributed by atoms with Gasteiger partial charge < -0.3 is 15.2 Å². The summed E-state index contributed by atoms with van der Waals surface area (Å²) < 4.78 is 10.9. The van der Waals surface area contributed by atoms with Gasteiger partial charge in [0.2, 0.25) is 0 Å². The van der Waals surface area contributed by atoms with Crippen molar-refractivity contribution in [3.8, 4) is 11.5 Å². The summed E-state index contributed by atoms with van der Waals surface area (Å²) in [6.45, 7) is 0.778. The van der Waals surface area contributed by atoms with Crippen molar-refractivity contribution in [1.29, 1.82) is 0 Å². The molecule has 20 heavy (non-hydrogen) atoms. The van der Waals surface area contributed by atoms with Gasteiger partial charge in [-0.3, -0.25) is 0 Å². The third kappa shape index (κ3) is 2.49. The Hall–Kier alpha value is -2.00. The van der Waals surface area contributed by atoms with Gasteiger partial charge in [-0.1, -0.05) is 30.3 Å². The Morgan fingerprint density at radius 2 is 2.10 bits per heavy atom. The Bertz CT molecular complexity index is 610. The molecule has 1 atom stereocenters. The summed E-state index contributed by atoms with van der Waals surface area (Å²) in [5.41, 5.74) is 9.90. The summed E-state index contributed by atoms with van der Waals surface area (Å²) in [6, 6.07) is 14.2. The zero-order valence-electron chi connectivity index (χ0n) is 11.6. The van der Waals surface area contributed by atoms with Crippen molar-refractivity contribution in [3.05, 3.63) is 59.2 Å². The average Bonchev–Trinajstić information content (AvgIpc) is 2.95. The molecule has 2 N–H and O–H groups in total. The van der Waals surface area contributed by atoms with E-state index in [4.69, 9.17) is 15.2 Å². The molecule has 3 heteroatoms. The van der Waals surface area contributed by atoms with Crippen molar-refractivity contribution in [2.75, 3.05) is 13.7 Å². The highest BCUT2D eigenvalue weighted by Gasteiger charge is 2.16. The van der Waals surface area contributed by atoms with Crippen LogP contribution in [0, 0.1) is 0 Å². The van der Waals surface area contributed by atoms with Crippen LogP contribution in [-0.4, -0.2) is 13.7 Å². The van der Waals surface area contributed by atoms with Crippen LogP contribution < -0.4 is 15.2 Å². The fourth-order valence-corrected chi connectivity index (χ4v) is 2.66. The molecule has 1 unspecified atom stereocenters. The summed E-state index contributed by atoms with van der Waals surface area (Å²) >= 11 is 0. The first-order chi connectivity index (χ1) is 9.78. The fourth-order valence-electron chi connectivity index (χ4n) is 2.66. The number of para-hydroxylation sites is 1. The Kier molecular flexibility index (Phi) is 3.61. The molecular weight excluding hydrogens is 250 g/mol. The highest BCUT2D eigenvalue weighted by molar-refractivity contribution is 5.42. The summed E-state index contributed by atoms with van der Waals surface area (Å²) in [6.07, 6.45) is 1.74. The van der Waals surface area contributed by atoms with E-state index < -0.39 is 0 Å². The van der Waals surface area contributed by atoms with Crippen LogP contribution in [0.5, 0.6) is 11.5 Å². The lowest BCUT2D eigenvalue weighted by Gasteiger charge is -2.15. The molecule has 2 aromatic rings. The van der Waals surface area contributed by atoms with Crippen molar-refractivity contribution in [2.45, 2.75) is 18.9 Å². The number of fused-ring (bicyclic) bond motifs is 1. The van der Waals surface area contributed by atoms with Gasteiger partial charge in [0.15, 0.2) is 0 Å². The van der Waals surface area contributed by atoms with E-state index in [0.717, 1.165) is 42.1 Å². The van der Waals surface area contributed by atoms with Crippen LogP contribution in [0.2, 0.25) is 0 Å².